The maximum atomic E-state index is 5.71. The second-order valence-electron chi connectivity index (χ2n) is 4.38. The SMILES string of the molecule is COCCNCCOc1ccc2c(c1)CCC2. The lowest BCUT2D eigenvalue weighted by Gasteiger charge is -2.08. The van der Waals surface area contributed by atoms with Gasteiger partial charge in [0.25, 0.3) is 0 Å². The molecule has 0 spiro atoms. The Hall–Kier alpha value is -1.06. The van der Waals surface area contributed by atoms with Crippen LogP contribution in [-0.4, -0.2) is 33.4 Å². The van der Waals surface area contributed by atoms with Crippen LogP contribution < -0.4 is 10.1 Å². The summed E-state index contributed by atoms with van der Waals surface area (Å²) in [6.07, 6.45) is 3.73. The summed E-state index contributed by atoms with van der Waals surface area (Å²) in [4.78, 5) is 0. The molecule has 0 amide bonds. The molecule has 1 aromatic rings. The molecule has 3 nitrogen and oxygen atoms in total. The second-order valence-corrected chi connectivity index (χ2v) is 4.38. The molecule has 0 bridgehead atoms. The lowest BCUT2D eigenvalue weighted by Crippen LogP contribution is -2.24. The highest BCUT2D eigenvalue weighted by molar-refractivity contribution is 5.38. The predicted molar refractivity (Wildman–Crippen MR) is 68.7 cm³/mol. The lowest BCUT2D eigenvalue weighted by atomic mass is 10.1. The Morgan fingerprint density at radius 2 is 1.94 bits per heavy atom. The topological polar surface area (TPSA) is 30.5 Å². The molecule has 0 atom stereocenters. The van der Waals surface area contributed by atoms with Crippen molar-refractivity contribution in [2.45, 2.75) is 19.3 Å². The number of nitrogens with one attached hydrogen (secondary N) is 1. The summed E-state index contributed by atoms with van der Waals surface area (Å²) < 4.78 is 10.7. The maximum Gasteiger partial charge on any atom is 0.119 e. The van der Waals surface area contributed by atoms with Gasteiger partial charge in [-0.2, -0.15) is 0 Å². The van der Waals surface area contributed by atoms with E-state index in [0.29, 0.717) is 6.61 Å². The van der Waals surface area contributed by atoms with Crippen LogP contribution in [0, 0.1) is 0 Å². The van der Waals surface area contributed by atoms with Crippen molar-refractivity contribution in [3.63, 3.8) is 0 Å². The molecule has 17 heavy (non-hydrogen) atoms. The van der Waals surface area contributed by atoms with Crippen LogP contribution in [0.3, 0.4) is 0 Å². The van der Waals surface area contributed by atoms with Gasteiger partial charge in [0.05, 0.1) is 6.61 Å². The highest BCUT2D eigenvalue weighted by Gasteiger charge is 2.10. The third-order valence-electron chi connectivity index (χ3n) is 3.10. The second kappa shape index (κ2) is 6.62. The van der Waals surface area contributed by atoms with Crippen molar-refractivity contribution in [1.82, 2.24) is 5.32 Å². The Morgan fingerprint density at radius 3 is 2.82 bits per heavy atom. The number of benzene rings is 1. The molecule has 1 N–H and O–H groups in total. The monoisotopic (exact) mass is 235 g/mol. The fourth-order valence-corrected chi connectivity index (χ4v) is 2.18. The third-order valence-corrected chi connectivity index (χ3v) is 3.10. The van der Waals surface area contributed by atoms with E-state index in [-0.39, 0.29) is 0 Å². The quantitative estimate of drug-likeness (QED) is 0.731. The van der Waals surface area contributed by atoms with Crippen molar-refractivity contribution in [3.05, 3.63) is 29.3 Å². The molecular formula is C14H21NO2. The van der Waals surface area contributed by atoms with E-state index in [0.717, 1.165) is 25.4 Å². The number of fused-ring (bicyclic) bond motifs is 1. The van der Waals surface area contributed by atoms with Gasteiger partial charge in [0.2, 0.25) is 0 Å². The first-order chi connectivity index (χ1) is 8.40. The average Bonchev–Trinajstić information content (AvgIpc) is 2.81. The predicted octanol–water partition coefficient (Wildman–Crippen LogP) is 1.79. The molecule has 1 aromatic carbocycles. The van der Waals surface area contributed by atoms with Crippen LogP contribution >= 0.6 is 0 Å². The Morgan fingerprint density at radius 1 is 1.12 bits per heavy atom. The van der Waals surface area contributed by atoms with Crippen molar-refractivity contribution in [1.29, 1.82) is 0 Å². The fourth-order valence-electron chi connectivity index (χ4n) is 2.18. The molecule has 2 rings (SSSR count). The van der Waals surface area contributed by atoms with E-state index in [1.807, 2.05) is 0 Å². The molecule has 94 valence electrons. The number of methoxy groups -OCH3 is 1. The molecule has 0 radical (unpaired) electrons. The highest BCUT2D eigenvalue weighted by atomic mass is 16.5. The summed E-state index contributed by atoms with van der Waals surface area (Å²) in [5, 5.41) is 3.26. The van der Waals surface area contributed by atoms with Gasteiger partial charge in [0, 0.05) is 20.2 Å². The Bertz CT molecular complexity index is 352. The first-order valence-corrected chi connectivity index (χ1v) is 6.34. The van der Waals surface area contributed by atoms with Gasteiger partial charge in [-0.15, -0.1) is 0 Å². The molecule has 0 heterocycles. The number of rotatable bonds is 7. The Kier molecular flexibility index (Phi) is 4.83. The first-order valence-electron chi connectivity index (χ1n) is 6.34. The summed E-state index contributed by atoms with van der Waals surface area (Å²) in [6.45, 7) is 3.20. The van der Waals surface area contributed by atoms with Crippen LogP contribution in [0.2, 0.25) is 0 Å². The van der Waals surface area contributed by atoms with Crippen molar-refractivity contribution >= 4 is 0 Å². The first kappa shape index (κ1) is 12.4. The lowest BCUT2D eigenvalue weighted by molar-refractivity contribution is 0.197. The van der Waals surface area contributed by atoms with Crippen LogP contribution in [0.25, 0.3) is 0 Å². The smallest absolute Gasteiger partial charge is 0.119 e. The van der Waals surface area contributed by atoms with Crippen molar-refractivity contribution in [2.24, 2.45) is 0 Å². The zero-order chi connectivity index (χ0) is 11.9. The van der Waals surface area contributed by atoms with E-state index in [2.05, 4.69) is 23.5 Å². The van der Waals surface area contributed by atoms with E-state index in [4.69, 9.17) is 9.47 Å². The molecule has 1 aliphatic rings. The number of hydrogen-bond donors (Lipinski definition) is 1. The van der Waals surface area contributed by atoms with Gasteiger partial charge in [-0.05, 0) is 42.5 Å². The summed E-state index contributed by atoms with van der Waals surface area (Å²) in [6, 6.07) is 6.48. The fraction of sp³-hybridized carbons (Fsp3) is 0.571. The number of aryl methyl sites for hydroxylation is 2. The summed E-state index contributed by atoms with van der Waals surface area (Å²) in [5.74, 6) is 0.999. The van der Waals surface area contributed by atoms with Crippen molar-refractivity contribution < 1.29 is 9.47 Å². The van der Waals surface area contributed by atoms with Gasteiger partial charge in [-0.25, -0.2) is 0 Å². The largest absolute Gasteiger partial charge is 0.492 e. The van der Waals surface area contributed by atoms with E-state index in [1.54, 1.807) is 7.11 Å². The van der Waals surface area contributed by atoms with Gasteiger partial charge < -0.3 is 14.8 Å². The Labute approximate surface area is 103 Å². The normalized spacial score (nSPS) is 13.7. The van der Waals surface area contributed by atoms with E-state index in [1.165, 1.54) is 30.4 Å². The van der Waals surface area contributed by atoms with Crippen LogP contribution in [0.4, 0.5) is 0 Å². The summed E-state index contributed by atoms with van der Waals surface area (Å²) in [5.41, 5.74) is 2.96. The maximum absolute atomic E-state index is 5.71. The Balaban J connectivity index is 1.69. The van der Waals surface area contributed by atoms with Gasteiger partial charge in [-0.3, -0.25) is 0 Å². The standard InChI is InChI=1S/C14H21NO2/c1-16-9-7-15-8-10-17-14-6-5-12-3-2-4-13(12)11-14/h5-6,11,15H,2-4,7-10H2,1H3. The van der Waals surface area contributed by atoms with Crippen molar-refractivity contribution in [2.75, 3.05) is 33.4 Å². The minimum atomic E-state index is 0.711. The number of hydrogen-bond acceptors (Lipinski definition) is 3. The third kappa shape index (κ3) is 3.72. The van der Waals surface area contributed by atoms with Gasteiger partial charge >= 0.3 is 0 Å². The van der Waals surface area contributed by atoms with Crippen molar-refractivity contribution in [3.8, 4) is 5.75 Å². The van der Waals surface area contributed by atoms with E-state index in [9.17, 15) is 0 Å². The van der Waals surface area contributed by atoms with Crippen LogP contribution in [0.1, 0.15) is 17.5 Å². The minimum Gasteiger partial charge on any atom is -0.492 e. The van der Waals surface area contributed by atoms with Crippen LogP contribution in [0.15, 0.2) is 18.2 Å². The van der Waals surface area contributed by atoms with Gasteiger partial charge in [-0.1, -0.05) is 6.07 Å². The van der Waals surface area contributed by atoms with E-state index < -0.39 is 0 Å². The molecule has 0 aromatic heterocycles. The molecule has 0 aliphatic heterocycles. The van der Waals surface area contributed by atoms with Gasteiger partial charge in [0.15, 0.2) is 0 Å². The number of ether oxygens (including phenoxy) is 2. The van der Waals surface area contributed by atoms with Gasteiger partial charge in [0.1, 0.15) is 12.4 Å². The molecule has 0 saturated carbocycles. The van der Waals surface area contributed by atoms with Crippen LogP contribution in [0.5, 0.6) is 5.75 Å². The molecule has 3 heteroatoms. The highest BCUT2D eigenvalue weighted by Crippen LogP contribution is 2.25. The molecule has 0 saturated heterocycles. The zero-order valence-electron chi connectivity index (χ0n) is 10.5. The zero-order valence-corrected chi connectivity index (χ0v) is 10.5. The minimum absolute atomic E-state index is 0.711. The molecular weight excluding hydrogens is 214 g/mol. The summed E-state index contributed by atoms with van der Waals surface area (Å²) >= 11 is 0. The molecule has 1 aliphatic carbocycles. The van der Waals surface area contributed by atoms with Crippen LogP contribution in [-0.2, 0) is 17.6 Å². The molecule has 0 unspecified atom stereocenters. The molecule has 0 fully saturated rings. The summed E-state index contributed by atoms with van der Waals surface area (Å²) in [7, 11) is 1.71. The average molecular weight is 235 g/mol. The van der Waals surface area contributed by atoms with E-state index >= 15 is 0 Å².